The van der Waals surface area contributed by atoms with E-state index in [0.717, 1.165) is 6.42 Å². The van der Waals surface area contributed by atoms with Gasteiger partial charge in [-0.05, 0) is 36.6 Å². The minimum atomic E-state index is -3.06. The van der Waals surface area contributed by atoms with Crippen LogP contribution in [0.4, 0.5) is 0 Å². The second-order valence-corrected chi connectivity index (χ2v) is 10.0. The molecular formula is C18H29N7O3S. The van der Waals surface area contributed by atoms with Gasteiger partial charge in [0.15, 0.2) is 21.3 Å². The number of tetrazole rings is 1. The van der Waals surface area contributed by atoms with Gasteiger partial charge in [-0.2, -0.15) is 10.2 Å². The number of nitrogens with one attached hydrogen (secondary N) is 1. The van der Waals surface area contributed by atoms with E-state index in [4.69, 9.17) is 11.2 Å². The average molecular weight is 424 g/mol. The lowest BCUT2D eigenvalue weighted by Crippen LogP contribution is -2.49. The van der Waals surface area contributed by atoms with Crippen molar-refractivity contribution in [3.8, 4) is 12.3 Å². The van der Waals surface area contributed by atoms with Gasteiger partial charge in [-0.25, -0.2) is 13.1 Å². The van der Waals surface area contributed by atoms with Gasteiger partial charge in [0.25, 0.3) is 0 Å². The van der Waals surface area contributed by atoms with Crippen LogP contribution in [0.2, 0.25) is 0 Å². The lowest BCUT2D eigenvalue weighted by molar-refractivity contribution is 0.131. The SMILES string of the molecule is C#CCCC1(CCNC(C)(c2nnnn2CCOCC)C2CCS(=O)(=O)C2)N=N1. The summed E-state index contributed by atoms with van der Waals surface area (Å²) in [5, 5.41) is 24.1. The molecule has 2 atom stereocenters. The summed E-state index contributed by atoms with van der Waals surface area (Å²) < 4.78 is 31.5. The standard InChI is InChI=1S/C18H29N7O3S/c1-4-6-8-18(21-22-18)9-10-19-17(3,15-7-13-29(26,27)14-15)16-20-23-24-25(16)11-12-28-5-2/h1,15,19H,5-14H2,2-3H3. The maximum absolute atomic E-state index is 12.2. The van der Waals surface area contributed by atoms with E-state index in [1.54, 1.807) is 4.68 Å². The summed E-state index contributed by atoms with van der Waals surface area (Å²) >= 11 is 0. The zero-order valence-corrected chi connectivity index (χ0v) is 17.9. The van der Waals surface area contributed by atoms with E-state index in [0.29, 0.717) is 51.4 Å². The van der Waals surface area contributed by atoms with Crippen molar-refractivity contribution in [1.29, 1.82) is 0 Å². The minimum Gasteiger partial charge on any atom is -0.380 e. The van der Waals surface area contributed by atoms with Crippen LogP contribution in [0.3, 0.4) is 0 Å². The van der Waals surface area contributed by atoms with E-state index in [1.165, 1.54) is 0 Å². The summed E-state index contributed by atoms with van der Waals surface area (Å²) in [4.78, 5) is 0. The molecule has 2 aliphatic heterocycles. The number of hydrogen-bond donors (Lipinski definition) is 1. The van der Waals surface area contributed by atoms with Gasteiger partial charge in [0, 0.05) is 32.4 Å². The topological polar surface area (TPSA) is 124 Å². The molecule has 0 amide bonds. The van der Waals surface area contributed by atoms with Crippen LogP contribution < -0.4 is 5.32 Å². The molecule has 3 rings (SSSR count). The van der Waals surface area contributed by atoms with Crippen LogP contribution >= 0.6 is 0 Å². The maximum atomic E-state index is 12.2. The lowest BCUT2D eigenvalue weighted by Gasteiger charge is -2.35. The monoisotopic (exact) mass is 423 g/mol. The van der Waals surface area contributed by atoms with E-state index in [2.05, 4.69) is 37.0 Å². The summed E-state index contributed by atoms with van der Waals surface area (Å²) in [6.45, 7) is 6.12. The molecule has 0 aromatic carbocycles. The van der Waals surface area contributed by atoms with E-state index < -0.39 is 21.0 Å². The quantitative estimate of drug-likeness (QED) is 0.391. The Kier molecular flexibility index (Phi) is 6.65. The van der Waals surface area contributed by atoms with Gasteiger partial charge >= 0.3 is 0 Å². The Bertz CT molecular complexity index is 870. The number of nitrogens with zero attached hydrogens (tertiary/aromatic N) is 6. The van der Waals surface area contributed by atoms with Crippen molar-refractivity contribution in [2.24, 2.45) is 16.1 Å². The van der Waals surface area contributed by atoms with Gasteiger partial charge < -0.3 is 10.1 Å². The lowest BCUT2D eigenvalue weighted by atomic mass is 9.83. The number of sulfone groups is 1. The molecule has 1 aromatic rings. The molecule has 3 heterocycles. The predicted molar refractivity (Wildman–Crippen MR) is 107 cm³/mol. The fraction of sp³-hybridized carbons (Fsp3) is 0.833. The Morgan fingerprint density at radius 3 is 2.83 bits per heavy atom. The van der Waals surface area contributed by atoms with Crippen molar-refractivity contribution >= 4 is 9.84 Å². The Labute approximate surface area is 171 Å². The molecule has 0 saturated carbocycles. The summed E-state index contributed by atoms with van der Waals surface area (Å²) in [5.41, 5.74) is -1.09. The summed E-state index contributed by atoms with van der Waals surface area (Å²) in [5.74, 6) is 3.43. The minimum absolute atomic E-state index is 0.117. The number of ether oxygens (including phenoxy) is 1. The van der Waals surface area contributed by atoms with Crippen LogP contribution in [-0.4, -0.2) is 65.6 Å². The highest BCUT2D eigenvalue weighted by Crippen LogP contribution is 2.38. The third-order valence-corrected chi connectivity index (χ3v) is 7.54. The van der Waals surface area contributed by atoms with Crippen LogP contribution in [0.1, 0.15) is 45.4 Å². The van der Waals surface area contributed by atoms with Crippen LogP contribution in [0.25, 0.3) is 0 Å². The van der Waals surface area contributed by atoms with Crippen molar-refractivity contribution in [2.75, 3.05) is 31.3 Å². The maximum Gasteiger partial charge on any atom is 0.193 e. The second-order valence-electron chi connectivity index (χ2n) is 7.79. The molecule has 29 heavy (non-hydrogen) atoms. The molecule has 10 nitrogen and oxygen atoms in total. The van der Waals surface area contributed by atoms with Crippen molar-refractivity contribution in [3.63, 3.8) is 0 Å². The molecule has 0 aliphatic carbocycles. The first-order valence-corrected chi connectivity index (χ1v) is 11.8. The Balaban J connectivity index is 1.75. The molecule has 1 N–H and O–H groups in total. The normalized spacial score (nSPS) is 23.6. The third kappa shape index (κ3) is 5.18. The summed E-state index contributed by atoms with van der Waals surface area (Å²) in [7, 11) is -3.06. The van der Waals surface area contributed by atoms with Gasteiger partial charge in [0.05, 0.1) is 30.2 Å². The molecule has 160 valence electrons. The van der Waals surface area contributed by atoms with Crippen molar-refractivity contribution in [2.45, 2.75) is 57.3 Å². The molecule has 1 fully saturated rings. The predicted octanol–water partition coefficient (Wildman–Crippen LogP) is 0.915. The highest BCUT2D eigenvalue weighted by atomic mass is 32.2. The van der Waals surface area contributed by atoms with E-state index in [9.17, 15) is 8.42 Å². The van der Waals surface area contributed by atoms with Crippen LogP contribution in [0, 0.1) is 18.3 Å². The number of hydrogen-bond acceptors (Lipinski definition) is 9. The number of terminal acetylenes is 1. The van der Waals surface area contributed by atoms with Gasteiger partial charge in [-0.15, -0.1) is 17.4 Å². The molecule has 0 radical (unpaired) electrons. The fourth-order valence-corrected chi connectivity index (χ4v) is 5.79. The largest absolute Gasteiger partial charge is 0.380 e. The Hall–Kier alpha value is -1.90. The Morgan fingerprint density at radius 1 is 1.41 bits per heavy atom. The van der Waals surface area contributed by atoms with Crippen molar-refractivity contribution in [3.05, 3.63) is 5.82 Å². The zero-order chi connectivity index (χ0) is 21.0. The molecule has 0 spiro atoms. The third-order valence-electron chi connectivity index (χ3n) is 5.77. The number of rotatable bonds is 12. The van der Waals surface area contributed by atoms with E-state index in [1.807, 2.05) is 13.8 Å². The Morgan fingerprint density at radius 2 is 2.21 bits per heavy atom. The molecule has 2 aliphatic rings. The summed E-state index contributed by atoms with van der Waals surface area (Å²) in [6, 6.07) is 0. The van der Waals surface area contributed by atoms with E-state index >= 15 is 0 Å². The second kappa shape index (κ2) is 8.85. The first-order valence-electron chi connectivity index (χ1n) is 10.0. The smallest absolute Gasteiger partial charge is 0.193 e. The molecule has 11 heteroatoms. The average Bonchev–Trinajstić information content (AvgIpc) is 3.10. The molecule has 2 unspecified atom stereocenters. The number of aromatic nitrogens is 4. The van der Waals surface area contributed by atoms with E-state index in [-0.39, 0.29) is 17.4 Å². The zero-order valence-electron chi connectivity index (χ0n) is 17.0. The molecular weight excluding hydrogens is 394 g/mol. The first-order chi connectivity index (χ1) is 13.8. The molecule has 0 bridgehead atoms. The highest BCUT2D eigenvalue weighted by Gasteiger charge is 2.46. The van der Waals surface area contributed by atoms with Gasteiger partial charge in [0.2, 0.25) is 0 Å². The van der Waals surface area contributed by atoms with Crippen LogP contribution in [-0.2, 0) is 26.7 Å². The van der Waals surface area contributed by atoms with Crippen LogP contribution in [0.5, 0.6) is 0 Å². The van der Waals surface area contributed by atoms with Crippen molar-refractivity contribution < 1.29 is 13.2 Å². The van der Waals surface area contributed by atoms with Gasteiger partial charge in [-0.1, -0.05) is 0 Å². The molecule has 1 saturated heterocycles. The first kappa shape index (κ1) is 21.8. The van der Waals surface area contributed by atoms with Crippen LogP contribution in [0.15, 0.2) is 10.2 Å². The molecule has 1 aromatic heterocycles. The highest BCUT2D eigenvalue weighted by molar-refractivity contribution is 7.91. The summed E-state index contributed by atoms with van der Waals surface area (Å²) in [6.07, 6.45) is 7.98. The fourth-order valence-electron chi connectivity index (χ4n) is 3.87. The van der Waals surface area contributed by atoms with Crippen molar-refractivity contribution in [1.82, 2.24) is 25.5 Å². The van der Waals surface area contributed by atoms with Gasteiger partial charge in [0.1, 0.15) is 0 Å². The van der Waals surface area contributed by atoms with Gasteiger partial charge in [-0.3, -0.25) is 0 Å².